The van der Waals surface area contributed by atoms with Crippen LogP contribution in [0.3, 0.4) is 0 Å². The second-order valence-electron chi connectivity index (χ2n) is 6.67. The van der Waals surface area contributed by atoms with Crippen LogP contribution in [-0.4, -0.2) is 11.6 Å². The first-order chi connectivity index (χ1) is 14.2. The molecule has 4 rings (SSSR count). The van der Waals surface area contributed by atoms with Gasteiger partial charge in [0.05, 0.1) is 0 Å². The largest absolute Gasteiger partial charge is 0.289 e. The number of carbonyl (C=O) groups is 2. The van der Waals surface area contributed by atoms with E-state index in [1.165, 1.54) is 0 Å². The van der Waals surface area contributed by atoms with E-state index in [0.717, 1.165) is 10.6 Å². The van der Waals surface area contributed by atoms with Crippen molar-refractivity contribution >= 4 is 30.8 Å². The van der Waals surface area contributed by atoms with E-state index < -0.39 is 0 Å². The molecule has 3 heteroatoms. The summed E-state index contributed by atoms with van der Waals surface area (Å²) in [5.74, 6) is 0.0634. The molecule has 140 valence electrons. The highest BCUT2D eigenvalue weighted by Crippen LogP contribution is 2.15. The zero-order valence-corrected chi connectivity index (χ0v) is 16.7. The van der Waals surface area contributed by atoms with Gasteiger partial charge in [0.25, 0.3) is 0 Å². The molecule has 4 aromatic rings. The summed E-state index contributed by atoms with van der Waals surface area (Å²) in [4.78, 5) is 25.0. The predicted molar refractivity (Wildman–Crippen MR) is 120 cm³/mol. The molecule has 0 spiro atoms. The summed E-state index contributed by atoms with van der Waals surface area (Å²) in [6, 6.07) is 34.1. The van der Waals surface area contributed by atoms with Crippen molar-refractivity contribution in [1.29, 1.82) is 0 Å². The Morgan fingerprint density at radius 2 is 0.724 bits per heavy atom. The number of benzene rings is 4. The van der Waals surface area contributed by atoms with Crippen molar-refractivity contribution in [2.24, 2.45) is 0 Å². The van der Waals surface area contributed by atoms with Gasteiger partial charge in [-0.3, -0.25) is 9.59 Å². The number of hydrogen-bond donors (Lipinski definition) is 0. The average molecular weight is 394 g/mol. The van der Waals surface area contributed by atoms with Crippen LogP contribution in [-0.2, 0) is 0 Å². The number of rotatable bonds is 6. The molecule has 0 fully saturated rings. The van der Waals surface area contributed by atoms with Gasteiger partial charge in [0.2, 0.25) is 0 Å². The first kappa shape index (κ1) is 19.0. The Hall–Kier alpha value is -3.35. The Bertz CT molecular complexity index is 1020. The molecular formula is C26H19O2P. The van der Waals surface area contributed by atoms with Gasteiger partial charge in [-0.25, -0.2) is 0 Å². The summed E-state index contributed by atoms with van der Waals surface area (Å²) in [5, 5.41) is 2.30. The molecule has 0 aromatic heterocycles. The van der Waals surface area contributed by atoms with Crippen molar-refractivity contribution in [3.8, 4) is 0 Å². The second-order valence-corrected chi connectivity index (χ2v) is 8.07. The molecule has 0 aliphatic carbocycles. The summed E-state index contributed by atoms with van der Waals surface area (Å²) in [6.07, 6.45) is 0. The molecule has 0 saturated carbocycles. The molecule has 29 heavy (non-hydrogen) atoms. The maximum absolute atomic E-state index is 12.5. The molecule has 0 atom stereocenters. The molecule has 0 radical (unpaired) electrons. The molecule has 0 saturated heterocycles. The number of ketones is 2. The minimum absolute atomic E-state index is 0.0317. The third-order valence-electron chi connectivity index (χ3n) is 4.65. The van der Waals surface area contributed by atoms with Crippen LogP contribution in [0.15, 0.2) is 109 Å². The lowest BCUT2D eigenvalue weighted by molar-refractivity contribution is 0.103. The lowest BCUT2D eigenvalue weighted by atomic mass is 10.0. The lowest BCUT2D eigenvalue weighted by Gasteiger charge is -2.06. The Kier molecular flexibility index (Phi) is 5.74. The monoisotopic (exact) mass is 394 g/mol. The van der Waals surface area contributed by atoms with Gasteiger partial charge in [-0.2, -0.15) is 0 Å². The van der Waals surface area contributed by atoms with Crippen molar-refractivity contribution in [1.82, 2.24) is 0 Å². The quantitative estimate of drug-likeness (QED) is 0.348. The maximum Gasteiger partial charge on any atom is 0.193 e. The summed E-state index contributed by atoms with van der Waals surface area (Å²) in [7, 11) is 0.467. The van der Waals surface area contributed by atoms with E-state index in [0.29, 0.717) is 30.8 Å². The van der Waals surface area contributed by atoms with Crippen LogP contribution in [0.2, 0.25) is 0 Å². The average Bonchev–Trinajstić information content (AvgIpc) is 2.80. The fourth-order valence-corrected chi connectivity index (χ4v) is 4.09. The highest BCUT2D eigenvalue weighted by atomic mass is 31.1. The van der Waals surface area contributed by atoms with E-state index in [-0.39, 0.29) is 11.6 Å². The fraction of sp³-hybridized carbons (Fsp3) is 0. The molecule has 0 aliphatic heterocycles. The topological polar surface area (TPSA) is 34.1 Å². The first-order valence-corrected chi connectivity index (χ1v) is 10.4. The summed E-state index contributed by atoms with van der Waals surface area (Å²) >= 11 is 0. The smallest absolute Gasteiger partial charge is 0.193 e. The molecule has 0 heterocycles. The zero-order chi connectivity index (χ0) is 20.1. The molecule has 0 bridgehead atoms. The molecular weight excluding hydrogens is 375 g/mol. The minimum Gasteiger partial charge on any atom is -0.289 e. The van der Waals surface area contributed by atoms with Crippen molar-refractivity contribution in [3.05, 3.63) is 131 Å². The standard InChI is InChI=1S/C26H19O2P/c27-25(19-7-3-1-4-8-19)21-11-15-23(16-12-21)29-24-17-13-22(14-18-24)26(28)20-9-5-2-6-10-20/h1-18,29H. The third kappa shape index (κ3) is 4.56. The molecule has 0 unspecified atom stereocenters. The maximum atomic E-state index is 12.5. The molecule has 4 aromatic carbocycles. The van der Waals surface area contributed by atoms with E-state index in [9.17, 15) is 9.59 Å². The van der Waals surface area contributed by atoms with Gasteiger partial charge in [0, 0.05) is 22.3 Å². The van der Waals surface area contributed by atoms with Gasteiger partial charge in [0.15, 0.2) is 11.6 Å². The van der Waals surface area contributed by atoms with E-state index in [1.54, 1.807) is 0 Å². The lowest BCUT2D eigenvalue weighted by Crippen LogP contribution is -2.07. The van der Waals surface area contributed by atoms with Gasteiger partial charge < -0.3 is 0 Å². The van der Waals surface area contributed by atoms with Crippen molar-refractivity contribution in [2.75, 3.05) is 0 Å². The van der Waals surface area contributed by atoms with E-state index in [1.807, 2.05) is 109 Å². The van der Waals surface area contributed by atoms with Gasteiger partial charge in [-0.05, 0) is 10.6 Å². The zero-order valence-electron chi connectivity index (χ0n) is 15.7. The third-order valence-corrected chi connectivity index (χ3v) is 5.90. The van der Waals surface area contributed by atoms with Crippen LogP contribution in [0.4, 0.5) is 0 Å². The normalized spacial score (nSPS) is 10.5. The van der Waals surface area contributed by atoms with Crippen molar-refractivity contribution in [2.45, 2.75) is 0 Å². The first-order valence-electron chi connectivity index (χ1n) is 9.37. The molecule has 0 amide bonds. The Morgan fingerprint density at radius 3 is 1.07 bits per heavy atom. The number of carbonyl (C=O) groups excluding carboxylic acids is 2. The second kappa shape index (κ2) is 8.77. The summed E-state index contributed by atoms with van der Waals surface area (Å²) in [5.41, 5.74) is 2.77. The van der Waals surface area contributed by atoms with Crippen LogP contribution >= 0.6 is 8.58 Å². The van der Waals surface area contributed by atoms with E-state index >= 15 is 0 Å². The van der Waals surface area contributed by atoms with Gasteiger partial charge in [-0.15, -0.1) is 0 Å². The van der Waals surface area contributed by atoms with Crippen LogP contribution in [0.25, 0.3) is 0 Å². The number of hydrogen-bond acceptors (Lipinski definition) is 2. The highest BCUT2D eigenvalue weighted by molar-refractivity contribution is 7.55. The summed E-state index contributed by atoms with van der Waals surface area (Å²) < 4.78 is 0. The minimum atomic E-state index is 0.0317. The SMILES string of the molecule is O=C(c1ccccc1)c1ccc(Pc2ccc(C(=O)c3ccccc3)cc2)cc1. The molecule has 0 aliphatic rings. The Balaban J connectivity index is 1.44. The van der Waals surface area contributed by atoms with E-state index in [2.05, 4.69) is 0 Å². The van der Waals surface area contributed by atoms with Crippen LogP contribution in [0, 0.1) is 0 Å². The Labute approximate surface area is 172 Å². The fourth-order valence-electron chi connectivity index (χ4n) is 3.09. The highest BCUT2D eigenvalue weighted by Gasteiger charge is 2.10. The van der Waals surface area contributed by atoms with Crippen molar-refractivity contribution in [3.63, 3.8) is 0 Å². The van der Waals surface area contributed by atoms with E-state index in [4.69, 9.17) is 0 Å². The van der Waals surface area contributed by atoms with Gasteiger partial charge >= 0.3 is 0 Å². The van der Waals surface area contributed by atoms with Crippen LogP contribution in [0.5, 0.6) is 0 Å². The van der Waals surface area contributed by atoms with Crippen molar-refractivity contribution < 1.29 is 9.59 Å². The van der Waals surface area contributed by atoms with Gasteiger partial charge in [-0.1, -0.05) is 118 Å². The van der Waals surface area contributed by atoms with Crippen LogP contribution in [0.1, 0.15) is 31.8 Å². The molecule has 0 N–H and O–H groups in total. The van der Waals surface area contributed by atoms with Crippen LogP contribution < -0.4 is 10.6 Å². The Morgan fingerprint density at radius 1 is 0.414 bits per heavy atom. The predicted octanol–water partition coefficient (Wildman–Crippen LogP) is 4.78. The van der Waals surface area contributed by atoms with Gasteiger partial charge in [0.1, 0.15) is 0 Å². The molecule has 2 nitrogen and oxygen atoms in total. The summed E-state index contributed by atoms with van der Waals surface area (Å²) in [6.45, 7) is 0.